The van der Waals surface area contributed by atoms with Gasteiger partial charge in [0.2, 0.25) is 0 Å². The monoisotopic (exact) mass is 147 g/mol. The molecule has 0 atom stereocenters. The average Bonchev–Trinajstić information content (AvgIpc) is 1.95. The summed E-state index contributed by atoms with van der Waals surface area (Å²) in [6.45, 7) is 4.38. The third-order valence-electron chi connectivity index (χ3n) is 1.52. The van der Waals surface area contributed by atoms with E-state index in [0.717, 1.165) is 0 Å². The van der Waals surface area contributed by atoms with Gasteiger partial charge in [-0.15, -0.1) is 0 Å². The molecule has 1 heteroatoms. The summed E-state index contributed by atoms with van der Waals surface area (Å²) >= 11 is 0.533. The van der Waals surface area contributed by atoms with E-state index in [2.05, 4.69) is 38.1 Å². The summed E-state index contributed by atoms with van der Waals surface area (Å²) < 4.78 is 1.54. The molecule has 0 saturated heterocycles. The van der Waals surface area contributed by atoms with Gasteiger partial charge in [-0.3, -0.25) is 0 Å². The summed E-state index contributed by atoms with van der Waals surface area (Å²) in [5.74, 6) is 0. The Balaban J connectivity index is 2.69. The van der Waals surface area contributed by atoms with E-state index < -0.39 is 0 Å². The van der Waals surface area contributed by atoms with Crippen molar-refractivity contribution >= 4 is 19.6 Å². The van der Waals surface area contributed by atoms with Crippen molar-refractivity contribution in [1.82, 2.24) is 0 Å². The Morgan fingerprint density at radius 2 is 1.80 bits per heavy atom. The van der Waals surface area contributed by atoms with Crippen LogP contribution < -0.4 is 4.43 Å². The van der Waals surface area contributed by atoms with Crippen LogP contribution >= 0.6 is 0 Å². The average molecular weight is 147 g/mol. The van der Waals surface area contributed by atoms with Gasteiger partial charge in [-0.1, -0.05) is 0 Å². The molecule has 0 saturated carbocycles. The van der Waals surface area contributed by atoms with E-state index in [9.17, 15) is 0 Å². The molecule has 0 unspecified atom stereocenters. The molecule has 0 heterocycles. The van der Waals surface area contributed by atoms with Crippen molar-refractivity contribution in [3.63, 3.8) is 0 Å². The van der Waals surface area contributed by atoms with E-state index in [4.69, 9.17) is 0 Å². The molecule has 1 aromatic rings. The molecule has 0 aromatic heterocycles. The first kappa shape index (κ1) is 7.86. The van der Waals surface area contributed by atoms with E-state index in [1.807, 2.05) is 0 Å². The van der Waals surface area contributed by atoms with Crippen molar-refractivity contribution in [2.45, 2.75) is 19.1 Å². The van der Waals surface area contributed by atoms with E-state index in [1.54, 1.807) is 0 Å². The number of hydrogen-bond acceptors (Lipinski definition) is 0. The van der Waals surface area contributed by atoms with Crippen molar-refractivity contribution in [3.05, 3.63) is 29.8 Å². The van der Waals surface area contributed by atoms with E-state index in [0.29, 0.717) is 15.2 Å². The summed E-state index contributed by atoms with van der Waals surface area (Å²) in [6.07, 6.45) is 0. The second-order valence-corrected chi connectivity index (χ2v) is 4.41. The van der Waals surface area contributed by atoms with Gasteiger partial charge in [0, 0.05) is 0 Å². The minimum atomic E-state index is 0.533. The standard InChI is InChI=1S/C7H7.C2H5.Al/c1-7-5-3-2-4-6-7;1-2;/h3-6H,1H3;1H2,2H3;/q;;+1. The summed E-state index contributed by atoms with van der Waals surface area (Å²) in [4.78, 5) is 0. The Morgan fingerprint density at radius 3 is 2.30 bits per heavy atom. The number of hydrogen-bond donors (Lipinski definition) is 0. The Labute approximate surface area is 69.0 Å². The second kappa shape index (κ2) is 3.81. The predicted octanol–water partition coefficient (Wildman–Crippen LogP) is 1.76. The first-order valence-electron chi connectivity index (χ1n) is 3.73. The SMILES string of the molecule is C[CH2][Al+][c]1ccc(C)cc1. The molecule has 0 amide bonds. The molecular formula is C9H12Al+. The molecule has 1 rings (SSSR count). The van der Waals surface area contributed by atoms with Crippen molar-refractivity contribution in [3.8, 4) is 0 Å². The molecule has 50 valence electrons. The van der Waals surface area contributed by atoms with Crippen LogP contribution in [-0.2, 0) is 0 Å². The molecule has 0 aliphatic heterocycles. The molecule has 0 N–H and O–H groups in total. The van der Waals surface area contributed by atoms with Crippen LogP contribution in [0, 0.1) is 6.92 Å². The van der Waals surface area contributed by atoms with E-state index in [1.165, 1.54) is 15.3 Å². The molecule has 0 aliphatic carbocycles. The van der Waals surface area contributed by atoms with Gasteiger partial charge in [0.25, 0.3) is 0 Å². The van der Waals surface area contributed by atoms with E-state index >= 15 is 0 Å². The summed E-state index contributed by atoms with van der Waals surface area (Å²) in [5, 5.41) is 1.32. The maximum atomic E-state index is 2.25. The fourth-order valence-corrected chi connectivity index (χ4v) is 1.87. The summed E-state index contributed by atoms with van der Waals surface area (Å²) in [5.41, 5.74) is 1.36. The Morgan fingerprint density at radius 1 is 1.20 bits per heavy atom. The number of rotatable bonds is 2. The second-order valence-electron chi connectivity index (χ2n) is 2.52. The number of aryl methyl sites for hydroxylation is 1. The van der Waals surface area contributed by atoms with Gasteiger partial charge in [-0.05, 0) is 0 Å². The Hall–Kier alpha value is -0.248. The minimum absolute atomic E-state index is 0.533. The molecule has 0 aliphatic rings. The molecule has 0 radical (unpaired) electrons. The van der Waals surface area contributed by atoms with Gasteiger partial charge < -0.3 is 0 Å². The van der Waals surface area contributed by atoms with Gasteiger partial charge in [0.15, 0.2) is 0 Å². The number of benzene rings is 1. The Bertz CT molecular complexity index is 188. The van der Waals surface area contributed by atoms with Crippen molar-refractivity contribution < 1.29 is 0 Å². The zero-order valence-corrected chi connectivity index (χ0v) is 7.75. The molecule has 10 heavy (non-hydrogen) atoms. The van der Waals surface area contributed by atoms with E-state index in [-0.39, 0.29) is 0 Å². The molecular weight excluding hydrogens is 135 g/mol. The van der Waals surface area contributed by atoms with Gasteiger partial charge in [-0.25, -0.2) is 0 Å². The third-order valence-corrected chi connectivity index (χ3v) is 2.78. The van der Waals surface area contributed by atoms with Crippen LogP contribution in [0.4, 0.5) is 0 Å². The van der Waals surface area contributed by atoms with Gasteiger partial charge in [-0.2, -0.15) is 0 Å². The molecule has 1 aromatic carbocycles. The van der Waals surface area contributed by atoms with Crippen molar-refractivity contribution in [2.24, 2.45) is 0 Å². The topological polar surface area (TPSA) is 0 Å². The molecule has 0 spiro atoms. The first-order chi connectivity index (χ1) is 4.83. The maximum absolute atomic E-state index is 2.25. The quantitative estimate of drug-likeness (QED) is 0.559. The van der Waals surface area contributed by atoms with Gasteiger partial charge in [0.05, 0.1) is 0 Å². The zero-order chi connectivity index (χ0) is 7.40. The zero-order valence-electron chi connectivity index (χ0n) is 6.59. The van der Waals surface area contributed by atoms with Gasteiger partial charge >= 0.3 is 68.6 Å². The van der Waals surface area contributed by atoms with Crippen LogP contribution in [0.1, 0.15) is 12.5 Å². The van der Waals surface area contributed by atoms with Crippen LogP contribution in [0.5, 0.6) is 0 Å². The van der Waals surface area contributed by atoms with Gasteiger partial charge in [0.1, 0.15) is 0 Å². The molecule has 0 bridgehead atoms. The van der Waals surface area contributed by atoms with Crippen molar-refractivity contribution in [1.29, 1.82) is 0 Å². The summed E-state index contributed by atoms with van der Waals surface area (Å²) in [7, 11) is 0. The first-order valence-corrected chi connectivity index (χ1v) is 5.12. The molecule has 0 fully saturated rings. The Kier molecular flexibility index (Phi) is 2.99. The van der Waals surface area contributed by atoms with Crippen LogP contribution in [0.3, 0.4) is 0 Å². The third kappa shape index (κ3) is 2.17. The van der Waals surface area contributed by atoms with Crippen molar-refractivity contribution in [2.75, 3.05) is 0 Å². The normalized spacial score (nSPS) is 9.00. The van der Waals surface area contributed by atoms with Crippen LogP contribution in [0.15, 0.2) is 24.3 Å². The summed E-state index contributed by atoms with van der Waals surface area (Å²) in [6, 6.07) is 8.87. The van der Waals surface area contributed by atoms with Crippen LogP contribution in [-0.4, -0.2) is 15.2 Å². The fraction of sp³-hybridized carbons (Fsp3) is 0.333. The van der Waals surface area contributed by atoms with Crippen LogP contribution in [0.25, 0.3) is 0 Å². The van der Waals surface area contributed by atoms with Crippen LogP contribution in [0.2, 0.25) is 5.28 Å². The fourth-order valence-electron chi connectivity index (χ4n) is 0.938. The molecule has 0 nitrogen and oxygen atoms in total. The predicted molar refractivity (Wildman–Crippen MR) is 47.0 cm³/mol.